The molecule has 0 aliphatic carbocycles. The summed E-state index contributed by atoms with van der Waals surface area (Å²) < 4.78 is 5.34. The van der Waals surface area contributed by atoms with E-state index in [4.69, 9.17) is 16.2 Å². The molecule has 1 amide bonds. The zero-order valence-electron chi connectivity index (χ0n) is 8.94. The average molecular weight is 208 g/mol. The molecule has 4 nitrogen and oxygen atoms in total. The van der Waals surface area contributed by atoms with Gasteiger partial charge in [-0.05, 0) is 31.5 Å². The van der Waals surface area contributed by atoms with Crippen LogP contribution < -0.4 is 16.2 Å². The first kappa shape index (κ1) is 11.5. The fraction of sp³-hybridized carbons (Fsp3) is 0.364. The summed E-state index contributed by atoms with van der Waals surface area (Å²) in [6.45, 7) is 3.50. The number of hydrogen-bond donors (Lipinski definition) is 2. The summed E-state index contributed by atoms with van der Waals surface area (Å²) in [6.07, 6.45) is -0.631. The highest BCUT2D eigenvalue weighted by atomic mass is 16.5. The van der Waals surface area contributed by atoms with Crippen LogP contribution in [0.25, 0.3) is 0 Å². The van der Waals surface area contributed by atoms with Gasteiger partial charge in [-0.2, -0.15) is 0 Å². The molecule has 0 heterocycles. The molecule has 0 bridgehead atoms. The molecule has 0 fully saturated rings. The number of ether oxygens (including phenoxy) is 1. The van der Waals surface area contributed by atoms with E-state index in [9.17, 15) is 4.79 Å². The van der Waals surface area contributed by atoms with E-state index < -0.39 is 12.0 Å². The molecular weight excluding hydrogens is 192 g/mol. The van der Waals surface area contributed by atoms with E-state index in [0.717, 1.165) is 5.56 Å². The van der Waals surface area contributed by atoms with Gasteiger partial charge in [0.05, 0.1) is 0 Å². The van der Waals surface area contributed by atoms with E-state index in [-0.39, 0.29) is 6.04 Å². The smallest absolute Gasteiger partial charge is 0.258 e. The second kappa shape index (κ2) is 4.79. The molecule has 15 heavy (non-hydrogen) atoms. The number of benzene rings is 1. The van der Waals surface area contributed by atoms with Gasteiger partial charge in [0.15, 0.2) is 6.10 Å². The van der Waals surface area contributed by atoms with Gasteiger partial charge in [0.25, 0.3) is 5.91 Å². The van der Waals surface area contributed by atoms with Crippen LogP contribution in [-0.4, -0.2) is 12.0 Å². The Bertz CT molecular complexity index is 350. The summed E-state index contributed by atoms with van der Waals surface area (Å²) in [7, 11) is 0. The number of nitrogens with two attached hydrogens (primary N) is 2. The zero-order chi connectivity index (χ0) is 11.4. The summed E-state index contributed by atoms with van der Waals surface area (Å²) in [6, 6.07) is 7.27. The Hall–Kier alpha value is -1.55. The Balaban J connectivity index is 2.78. The first-order valence-corrected chi connectivity index (χ1v) is 4.82. The third-order valence-electron chi connectivity index (χ3n) is 2.10. The lowest BCUT2D eigenvalue weighted by atomic mass is 10.1. The largest absolute Gasteiger partial charge is 0.481 e. The van der Waals surface area contributed by atoms with Crippen molar-refractivity contribution in [3.05, 3.63) is 29.8 Å². The highest BCUT2D eigenvalue weighted by Gasteiger charge is 2.10. The number of carbonyl (C=O) groups excluding carboxylic acids is 1. The van der Waals surface area contributed by atoms with Gasteiger partial charge in [-0.15, -0.1) is 0 Å². The monoisotopic (exact) mass is 208 g/mol. The van der Waals surface area contributed by atoms with Gasteiger partial charge < -0.3 is 16.2 Å². The average Bonchev–Trinajstić information content (AvgIpc) is 2.18. The van der Waals surface area contributed by atoms with Crippen LogP contribution >= 0.6 is 0 Å². The molecule has 82 valence electrons. The first-order chi connectivity index (χ1) is 7.00. The summed E-state index contributed by atoms with van der Waals surface area (Å²) in [5.41, 5.74) is 11.8. The predicted octanol–water partition coefficient (Wildman–Crippen LogP) is 0.959. The molecule has 1 aromatic carbocycles. The Labute approximate surface area is 89.2 Å². The molecule has 0 spiro atoms. The van der Waals surface area contributed by atoms with Crippen LogP contribution in [0.2, 0.25) is 0 Å². The van der Waals surface area contributed by atoms with E-state index in [1.165, 1.54) is 0 Å². The van der Waals surface area contributed by atoms with Gasteiger partial charge >= 0.3 is 0 Å². The van der Waals surface area contributed by atoms with Gasteiger partial charge in [0.1, 0.15) is 5.75 Å². The van der Waals surface area contributed by atoms with E-state index in [1.54, 1.807) is 13.0 Å². The normalized spacial score (nSPS) is 14.3. The molecule has 0 aliphatic rings. The van der Waals surface area contributed by atoms with Gasteiger partial charge in [-0.25, -0.2) is 0 Å². The third-order valence-corrected chi connectivity index (χ3v) is 2.10. The second-order valence-corrected chi connectivity index (χ2v) is 3.52. The molecule has 1 unspecified atom stereocenters. The molecular formula is C11H16N2O2. The molecule has 0 radical (unpaired) electrons. The van der Waals surface area contributed by atoms with Crippen molar-refractivity contribution in [3.63, 3.8) is 0 Å². The van der Waals surface area contributed by atoms with Crippen molar-refractivity contribution in [3.8, 4) is 5.75 Å². The number of carbonyl (C=O) groups is 1. The lowest BCUT2D eigenvalue weighted by Gasteiger charge is -2.13. The topological polar surface area (TPSA) is 78.3 Å². The quantitative estimate of drug-likeness (QED) is 0.773. The third kappa shape index (κ3) is 3.25. The second-order valence-electron chi connectivity index (χ2n) is 3.52. The number of amides is 1. The highest BCUT2D eigenvalue weighted by Crippen LogP contribution is 2.18. The Morgan fingerprint density at radius 3 is 2.60 bits per heavy atom. The van der Waals surface area contributed by atoms with Gasteiger partial charge in [0.2, 0.25) is 0 Å². The van der Waals surface area contributed by atoms with Crippen molar-refractivity contribution >= 4 is 5.91 Å². The molecule has 2 atom stereocenters. The first-order valence-electron chi connectivity index (χ1n) is 4.82. The number of hydrogen-bond acceptors (Lipinski definition) is 3. The number of rotatable bonds is 4. The van der Waals surface area contributed by atoms with Crippen LogP contribution in [0.4, 0.5) is 0 Å². The Morgan fingerprint density at radius 2 is 2.07 bits per heavy atom. The van der Waals surface area contributed by atoms with E-state index in [0.29, 0.717) is 5.75 Å². The van der Waals surface area contributed by atoms with Crippen LogP contribution in [0, 0.1) is 0 Å². The van der Waals surface area contributed by atoms with Crippen molar-refractivity contribution < 1.29 is 9.53 Å². The molecule has 4 heteroatoms. The van der Waals surface area contributed by atoms with Crippen LogP contribution in [0.3, 0.4) is 0 Å². The van der Waals surface area contributed by atoms with Crippen molar-refractivity contribution in [2.24, 2.45) is 11.5 Å². The minimum absolute atomic E-state index is 0.0579. The fourth-order valence-corrected chi connectivity index (χ4v) is 1.13. The molecule has 1 rings (SSSR count). The Morgan fingerprint density at radius 1 is 1.40 bits per heavy atom. The lowest BCUT2D eigenvalue weighted by Crippen LogP contribution is -2.30. The minimum Gasteiger partial charge on any atom is -0.481 e. The zero-order valence-corrected chi connectivity index (χ0v) is 8.94. The summed E-state index contributed by atoms with van der Waals surface area (Å²) in [5.74, 6) is 0.123. The standard InChI is InChI=1S/C11H16N2O2/c1-7(12)9-4-3-5-10(6-9)15-8(2)11(13)14/h3-8H,12H2,1-2H3,(H2,13,14)/t7-,8?/m0/s1. The molecule has 4 N–H and O–H groups in total. The van der Waals surface area contributed by atoms with Crippen molar-refractivity contribution in [2.75, 3.05) is 0 Å². The molecule has 0 aromatic heterocycles. The minimum atomic E-state index is -0.631. The van der Waals surface area contributed by atoms with Crippen LogP contribution in [0.5, 0.6) is 5.75 Å². The summed E-state index contributed by atoms with van der Waals surface area (Å²) in [5, 5.41) is 0. The molecule has 0 aliphatic heterocycles. The van der Waals surface area contributed by atoms with Gasteiger partial charge in [0, 0.05) is 6.04 Å². The maximum absolute atomic E-state index is 10.8. The van der Waals surface area contributed by atoms with Crippen LogP contribution in [-0.2, 0) is 4.79 Å². The van der Waals surface area contributed by atoms with E-state index >= 15 is 0 Å². The van der Waals surface area contributed by atoms with Gasteiger partial charge in [-0.3, -0.25) is 4.79 Å². The SMILES string of the molecule is CC(Oc1cccc([C@H](C)N)c1)C(N)=O. The van der Waals surface area contributed by atoms with Crippen LogP contribution in [0.15, 0.2) is 24.3 Å². The maximum atomic E-state index is 10.8. The van der Waals surface area contributed by atoms with Crippen molar-refractivity contribution in [2.45, 2.75) is 26.0 Å². The molecule has 0 saturated carbocycles. The highest BCUT2D eigenvalue weighted by molar-refractivity contribution is 5.78. The van der Waals surface area contributed by atoms with Crippen molar-refractivity contribution in [1.29, 1.82) is 0 Å². The van der Waals surface area contributed by atoms with Crippen LogP contribution in [0.1, 0.15) is 25.5 Å². The van der Waals surface area contributed by atoms with Gasteiger partial charge in [-0.1, -0.05) is 12.1 Å². The lowest BCUT2D eigenvalue weighted by molar-refractivity contribution is -0.123. The molecule has 1 aromatic rings. The molecule has 0 saturated heterocycles. The number of primary amides is 1. The fourth-order valence-electron chi connectivity index (χ4n) is 1.13. The summed E-state index contributed by atoms with van der Waals surface area (Å²) >= 11 is 0. The maximum Gasteiger partial charge on any atom is 0.258 e. The van der Waals surface area contributed by atoms with Crippen molar-refractivity contribution in [1.82, 2.24) is 0 Å². The Kier molecular flexibility index (Phi) is 3.68. The predicted molar refractivity (Wildman–Crippen MR) is 58.3 cm³/mol. The summed E-state index contributed by atoms with van der Waals surface area (Å²) in [4.78, 5) is 10.8. The van der Waals surface area contributed by atoms with E-state index in [2.05, 4.69) is 0 Å². The van der Waals surface area contributed by atoms with E-state index in [1.807, 2.05) is 25.1 Å².